The van der Waals surface area contributed by atoms with Crippen LogP contribution in [0, 0.1) is 29.1 Å². The molecule has 8 atom stereocenters. The first-order valence-electron chi connectivity index (χ1n) is 22.8. The van der Waals surface area contributed by atoms with E-state index in [1.165, 1.54) is 21.2 Å². The first kappa shape index (κ1) is 48.1. The van der Waals surface area contributed by atoms with Gasteiger partial charge in [0.05, 0.1) is 41.6 Å². The highest BCUT2D eigenvalue weighted by molar-refractivity contribution is 7.10. The number of aryl methyl sites for hydroxylation is 1. The van der Waals surface area contributed by atoms with E-state index in [0.717, 1.165) is 39.0 Å². The molecule has 14 nitrogen and oxygen atoms in total. The van der Waals surface area contributed by atoms with Crippen LogP contribution in [0.5, 0.6) is 0 Å². The number of allylic oxidation sites excluding steroid dienone is 2. The maximum atomic E-state index is 14.8. The van der Waals surface area contributed by atoms with Crippen LogP contribution in [-0.4, -0.2) is 114 Å². The van der Waals surface area contributed by atoms with Crippen molar-refractivity contribution >= 4 is 57.7 Å². The minimum absolute atomic E-state index is 0.0505. The minimum atomic E-state index is -2.53. The summed E-state index contributed by atoms with van der Waals surface area (Å²) in [6, 6.07) is 4.04. The quantitative estimate of drug-likeness (QED) is 0.111. The molecule has 3 aromatic rings. The molecule has 352 valence electrons. The van der Waals surface area contributed by atoms with Crippen molar-refractivity contribution in [3.8, 4) is 11.3 Å². The molecule has 1 aliphatic carbocycles. The number of amides is 3. The predicted octanol–water partition coefficient (Wildman–Crippen LogP) is 6.99. The molecular formula is C48H63F2N7O7S. The summed E-state index contributed by atoms with van der Waals surface area (Å²) in [6.45, 7) is 19.1. The lowest BCUT2D eigenvalue weighted by Crippen LogP contribution is -2.61. The van der Waals surface area contributed by atoms with Gasteiger partial charge in [-0.25, -0.2) is 19.2 Å². The maximum Gasteiger partial charge on any atom is 0.324 e. The molecule has 0 spiro atoms. The Kier molecular flexibility index (Phi) is 14.8. The third-order valence-electron chi connectivity index (χ3n) is 13.4. The van der Waals surface area contributed by atoms with Crippen LogP contribution in [0.4, 0.5) is 8.78 Å². The molecule has 4 aliphatic rings. The standard InChI is InChI=1S/C48H63F2N7O7S/c1-10-30(38(51-11-2)27(6)62-9)40-32-22-48(7,8)25-64-47(61)33-15-14-19-57(54-33)46(60)39(53-43(58)36-26(5)37(36)45(59)55-20-18-29(23-55)42(49)50)41(63-13-4)44-52-34(24-65-44)28-16-17-35(31(32)21-28)56(40)12-3/h10-11,16-17,21,24,26-27,29,33,36-37,39,41-42,54H,1,12-15,18-20,22-23,25H2,2-9H3,(H,53,58)/b38-30+,51-11-/t26-,27+,29-,33+,36-,37-,39+,41+/m1/s1. The Hall–Kier alpha value is -4.84. The zero-order chi connectivity index (χ0) is 46.9. The van der Waals surface area contributed by atoms with E-state index in [1.54, 1.807) is 27.2 Å². The Morgan fingerprint density at radius 1 is 1.18 bits per heavy atom. The van der Waals surface area contributed by atoms with Gasteiger partial charge in [-0.3, -0.25) is 29.2 Å². The number of hydrogen-bond donors (Lipinski definition) is 2. The topological polar surface area (TPSA) is 157 Å². The fourth-order valence-corrected chi connectivity index (χ4v) is 10.7. The molecule has 5 heterocycles. The average Bonchev–Trinajstić information content (AvgIpc) is 3.69. The van der Waals surface area contributed by atoms with E-state index in [1.807, 2.05) is 31.4 Å². The number of fused-ring (bicyclic) bond motifs is 6. The highest BCUT2D eigenvalue weighted by Crippen LogP contribution is 2.48. The van der Waals surface area contributed by atoms with Crippen LogP contribution in [0.2, 0.25) is 0 Å². The van der Waals surface area contributed by atoms with Gasteiger partial charge in [-0.1, -0.05) is 39.5 Å². The third kappa shape index (κ3) is 9.70. The third-order valence-corrected chi connectivity index (χ3v) is 14.3. The van der Waals surface area contributed by atoms with Crippen LogP contribution in [-0.2, 0) is 46.4 Å². The largest absolute Gasteiger partial charge is 0.464 e. The number of nitrogens with one attached hydrogen (secondary N) is 2. The van der Waals surface area contributed by atoms with Crippen molar-refractivity contribution in [2.24, 2.45) is 34.1 Å². The molecule has 6 bridgehead atoms. The van der Waals surface area contributed by atoms with Crippen LogP contribution in [0.15, 0.2) is 46.9 Å². The summed E-state index contributed by atoms with van der Waals surface area (Å²) in [5.41, 5.74) is 8.51. The van der Waals surface area contributed by atoms with Crippen LogP contribution >= 0.6 is 11.3 Å². The summed E-state index contributed by atoms with van der Waals surface area (Å²) < 4.78 is 47.5. The second-order valence-electron chi connectivity index (χ2n) is 18.3. The number of carbonyl (C=O) groups excluding carboxylic acids is 4. The van der Waals surface area contributed by atoms with Crippen LogP contribution in [0.3, 0.4) is 0 Å². The molecule has 2 aromatic heterocycles. The highest BCUT2D eigenvalue weighted by Gasteiger charge is 2.58. The number of rotatable bonds is 12. The Balaban J connectivity index is 1.32. The van der Waals surface area contributed by atoms with Gasteiger partial charge in [0.15, 0.2) is 0 Å². The van der Waals surface area contributed by atoms with Gasteiger partial charge in [-0.15, -0.1) is 11.3 Å². The minimum Gasteiger partial charge on any atom is -0.464 e. The number of aromatic nitrogens is 2. The van der Waals surface area contributed by atoms with Crippen molar-refractivity contribution < 1.29 is 42.2 Å². The predicted molar refractivity (Wildman–Crippen MR) is 246 cm³/mol. The summed E-state index contributed by atoms with van der Waals surface area (Å²) in [7, 11) is 1.65. The summed E-state index contributed by atoms with van der Waals surface area (Å²) in [5.74, 6) is -4.64. The van der Waals surface area contributed by atoms with Crippen LogP contribution in [0.25, 0.3) is 27.7 Å². The SMILES string of the molecule is C=C/C(=C(\N=C/C)[C@H](C)OC)c1c2c3cc(ccc3n1CC)-c1csc(n1)[C@@H](OCC)[C@H](NC(=O)[C@@H]1[C@@H](C)[C@H]1C(=O)N1CC[C@@H](C(F)F)C1)C(=O)N1CCC[C@H](N1)C(=O)OCC(C)(C)C2. The zero-order valence-corrected chi connectivity index (χ0v) is 39.5. The smallest absolute Gasteiger partial charge is 0.324 e. The number of thiazole rings is 1. The summed E-state index contributed by atoms with van der Waals surface area (Å²) in [4.78, 5) is 67.9. The Bertz CT molecular complexity index is 2360. The Morgan fingerprint density at radius 2 is 1.95 bits per heavy atom. The molecule has 3 aliphatic heterocycles. The van der Waals surface area contributed by atoms with Gasteiger partial charge in [0.2, 0.25) is 18.2 Å². The van der Waals surface area contributed by atoms with Gasteiger partial charge >= 0.3 is 5.97 Å². The second kappa shape index (κ2) is 19.9. The number of halogens is 2. The Labute approximate surface area is 383 Å². The second-order valence-corrected chi connectivity index (χ2v) is 19.2. The molecule has 7 rings (SSSR count). The van der Waals surface area contributed by atoms with Crippen molar-refractivity contribution in [1.82, 2.24) is 30.2 Å². The normalized spacial score (nSPS) is 26.8. The van der Waals surface area contributed by atoms with Crippen molar-refractivity contribution in [3.05, 3.63) is 58.2 Å². The van der Waals surface area contributed by atoms with Gasteiger partial charge in [0.25, 0.3) is 5.91 Å². The molecule has 2 N–H and O–H groups in total. The van der Waals surface area contributed by atoms with Crippen molar-refractivity contribution in [2.45, 2.75) is 111 Å². The summed E-state index contributed by atoms with van der Waals surface area (Å²) >= 11 is 1.30. The number of alkyl halides is 2. The number of aliphatic imine (C=N–C) groups is 1. The van der Waals surface area contributed by atoms with E-state index < -0.39 is 65.6 Å². The molecule has 3 amide bonds. The fourth-order valence-electron chi connectivity index (χ4n) is 9.75. The van der Waals surface area contributed by atoms with E-state index in [-0.39, 0.29) is 57.2 Å². The molecule has 1 aromatic carbocycles. The van der Waals surface area contributed by atoms with Gasteiger partial charge in [-0.2, -0.15) is 0 Å². The van der Waals surface area contributed by atoms with Crippen molar-refractivity contribution in [2.75, 3.05) is 40.0 Å². The first-order valence-corrected chi connectivity index (χ1v) is 23.7. The highest BCUT2D eigenvalue weighted by atomic mass is 32.1. The lowest BCUT2D eigenvalue weighted by Gasteiger charge is -2.37. The van der Waals surface area contributed by atoms with Crippen molar-refractivity contribution in [1.29, 1.82) is 0 Å². The summed E-state index contributed by atoms with van der Waals surface area (Å²) in [5, 5.41) is 7.64. The number of ether oxygens (including phenoxy) is 3. The number of nitrogens with zero attached hydrogens (tertiary/aromatic N) is 5. The van der Waals surface area contributed by atoms with Crippen molar-refractivity contribution in [3.63, 3.8) is 0 Å². The molecule has 2 saturated heterocycles. The Morgan fingerprint density at radius 3 is 2.62 bits per heavy atom. The lowest BCUT2D eigenvalue weighted by atomic mass is 9.84. The molecule has 0 radical (unpaired) electrons. The van der Waals surface area contributed by atoms with Crippen LogP contribution in [0.1, 0.15) is 90.1 Å². The van der Waals surface area contributed by atoms with E-state index in [2.05, 4.69) is 54.8 Å². The van der Waals surface area contributed by atoms with Gasteiger partial charge in [0.1, 0.15) is 23.2 Å². The van der Waals surface area contributed by atoms with E-state index >= 15 is 0 Å². The number of hydrogen-bond acceptors (Lipinski definition) is 11. The van der Waals surface area contributed by atoms with E-state index in [0.29, 0.717) is 36.5 Å². The first-order chi connectivity index (χ1) is 31.1. The number of cyclic esters (lactones) is 1. The molecule has 65 heavy (non-hydrogen) atoms. The maximum absolute atomic E-state index is 14.8. The monoisotopic (exact) mass is 919 g/mol. The fraction of sp³-hybridized carbons (Fsp3) is 0.583. The number of hydrazine groups is 1. The molecule has 0 unspecified atom stereocenters. The lowest BCUT2D eigenvalue weighted by molar-refractivity contribution is -0.156. The van der Waals surface area contributed by atoms with E-state index in [4.69, 9.17) is 24.2 Å². The van der Waals surface area contributed by atoms with Gasteiger partial charge < -0.3 is 29.0 Å². The van der Waals surface area contributed by atoms with Gasteiger partial charge in [0, 0.05) is 84.9 Å². The molecule has 17 heteroatoms. The molecular weight excluding hydrogens is 857 g/mol. The molecule has 1 saturated carbocycles. The number of benzene rings is 1. The van der Waals surface area contributed by atoms with Gasteiger partial charge in [-0.05, 0) is 77.0 Å². The summed E-state index contributed by atoms with van der Waals surface area (Å²) in [6.07, 6.45) is 1.27. The number of likely N-dealkylation sites (tertiary alicyclic amines) is 1. The number of methoxy groups -OCH3 is 1. The number of esters is 1. The molecule has 3 fully saturated rings. The average molecular weight is 920 g/mol. The number of carbonyl (C=O) groups is 4. The van der Waals surface area contributed by atoms with Crippen LogP contribution < -0.4 is 10.7 Å². The van der Waals surface area contributed by atoms with E-state index in [9.17, 15) is 28.0 Å². The zero-order valence-electron chi connectivity index (χ0n) is 38.7.